The lowest BCUT2D eigenvalue weighted by Crippen LogP contribution is -2.23. The molecule has 2 rings (SSSR count). The molecule has 0 aliphatic carbocycles. The van der Waals surface area contributed by atoms with Crippen LogP contribution < -0.4 is 4.74 Å². The van der Waals surface area contributed by atoms with Crippen LogP contribution in [0.2, 0.25) is 0 Å². The first-order chi connectivity index (χ1) is 12.2. The van der Waals surface area contributed by atoms with Crippen molar-refractivity contribution in [3.8, 4) is 5.75 Å². The number of aryl methyl sites for hydroxylation is 1. The first kappa shape index (κ1) is 19.0. The van der Waals surface area contributed by atoms with Crippen molar-refractivity contribution in [2.24, 2.45) is 0 Å². The van der Waals surface area contributed by atoms with Crippen LogP contribution in [-0.2, 0) is 22.4 Å². The van der Waals surface area contributed by atoms with E-state index in [4.69, 9.17) is 14.6 Å². The summed E-state index contributed by atoms with van der Waals surface area (Å²) in [7, 11) is 0. The number of carboxylic acids is 1. The molecule has 0 aliphatic heterocycles. The summed E-state index contributed by atoms with van der Waals surface area (Å²) in [5, 5.41) is 9.06. The fourth-order valence-corrected chi connectivity index (χ4v) is 2.65. The van der Waals surface area contributed by atoms with Crippen LogP contribution in [0.1, 0.15) is 30.9 Å². The number of carboxylic acid groups (broad SMARTS) is 1. The van der Waals surface area contributed by atoms with E-state index in [-0.39, 0.29) is 0 Å². The Kier molecular flexibility index (Phi) is 7.99. The minimum absolute atomic E-state index is 0.423. The quantitative estimate of drug-likeness (QED) is 0.667. The standard InChI is InChI=1S/C21H26O4/c1-2-24-20(21(22)23)10-6-9-18-11-13-19(14-12-18)25-16-15-17-7-4-3-5-8-17/h3-5,7-8,11-14,20H,2,6,9-10,15-16H2,1H3,(H,22,23)/t20-/m1/s1. The third-order valence-electron chi connectivity index (χ3n) is 4.00. The lowest BCUT2D eigenvalue weighted by molar-refractivity contribution is -0.150. The summed E-state index contributed by atoms with van der Waals surface area (Å²) in [4.78, 5) is 11.0. The Morgan fingerprint density at radius 2 is 1.68 bits per heavy atom. The Morgan fingerprint density at radius 3 is 2.32 bits per heavy atom. The second-order valence-corrected chi connectivity index (χ2v) is 5.90. The van der Waals surface area contributed by atoms with E-state index in [1.165, 1.54) is 11.1 Å². The largest absolute Gasteiger partial charge is 0.493 e. The summed E-state index contributed by atoms with van der Waals surface area (Å²) in [5.74, 6) is -0.0265. The van der Waals surface area contributed by atoms with Gasteiger partial charge in [0.1, 0.15) is 5.75 Å². The van der Waals surface area contributed by atoms with E-state index < -0.39 is 12.1 Å². The molecule has 134 valence electrons. The fourth-order valence-electron chi connectivity index (χ4n) is 2.65. The van der Waals surface area contributed by atoms with Crippen molar-refractivity contribution in [1.82, 2.24) is 0 Å². The van der Waals surface area contributed by atoms with Crippen LogP contribution in [0.4, 0.5) is 0 Å². The van der Waals surface area contributed by atoms with Crippen LogP contribution >= 0.6 is 0 Å². The van der Waals surface area contributed by atoms with E-state index in [9.17, 15) is 4.79 Å². The molecule has 0 spiro atoms. The molecular weight excluding hydrogens is 316 g/mol. The molecule has 2 aromatic rings. The summed E-state index contributed by atoms with van der Waals surface area (Å²) in [6.07, 6.45) is 2.33. The van der Waals surface area contributed by atoms with Crippen molar-refractivity contribution in [1.29, 1.82) is 0 Å². The molecule has 0 fully saturated rings. The van der Waals surface area contributed by atoms with Gasteiger partial charge in [-0.05, 0) is 49.4 Å². The van der Waals surface area contributed by atoms with Gasteiger partial charge >= 0.3 is 5.97 Å². The molecule has 0 amide bonds. The normalized spacial score (nSPS) is 11.9. The Balaban J connectivity index is 1.71. The lowest BCUT2D eigenvalue weighted by atomic mass is 10.1. The molecule has 0 heterocycles. The highest BCUT2D eigenvalue weighted by Gasteiger charge is 2.16. The van der Waals surface area contributed by atoms with Gasteiger partial charge in [0.2, 0.25) is 0 Å². The van der Waals surface area contributed by atoms with Gasteiger partial charge < -0.3 is 14.6 Å². The van der Waals surface area contributed by atoms with Gasteiger partial charge in [-0.2, -0.15) is 0 Å². The van der Waals surface area contributed by atoms with Crippen LogP contribution in [0.15, 0.2) is 54.6 Å². The lowest BCUT2D eigenvalue weighted by Gasteiger charge is -2.12. The smallest absolute Gasteiger partial charge is 0.332 e. The van der Waals surface area contributed by atoms with E-state index in [2.05, 4.69) is 12.1 Å². The highest BCUT2D eigenvalue weighted by Crippen LogP contribution is 2.15. The first-order valence-electron chi connectivity index (χ1n) is 8.79. The third kappa shape index (κ3) is 6.98. The molecule has 0 unspecified atom stereocenters. The zero-order chi connectivity index (χ0) is 17.9. The molecule has 0 radical (unpaired) electrons. The molecule has 0 aromatic heterocycles. The van der Waals surface area contributed by atoms with Gasteiger partial charge in [0.15, 0.2) is 6.10 Å². The van der Waals surface area contributed by atoms with Crippen molar-refractivity contribution in [3.05, 3.63) is 65.7 Å². The summed E-state index contributed by atoms with van der Waals surface area (Å²) < 4.78 is 11.0. The molecule has 0 saturated heterocycles. The van der Waals surface area contributed by atoms with E-state index in [1.807, 2.05) is 49.4 Å². The molecule has 0 bridgehead atoms. The van der Waals surface area contributed by atoms with Crippen molar-refractivity contribution < 1.29 is 19.4 Å². The zero-order valence-electron chi connectivity index (χ0n) is 14.7. The van der Waals surface area contributed by atoms with Crippen LogP contribution in [0.5, 0.6) is 5.75 Å². The molecule has 4 heteroatoms. The predicted octanol–water partition coefficient (Wildman–Crippen LogP) is 4.12. The van der Waals surface area contributed by atoms with Crippen molar-refractivity contribution in [2.45, 2.75) is 38.7 Å². The van der Waals surface area contributed by atoms with Gasteiger partial charge in [0.05, 0.1) is 6.61 Å². The molecule has 2 aromatic carbocycles. The molecule has 25 heavy (non-hydrogen) atoms. The summed E-state index contributed by atoms with van der Waals surface area (Å²) in [6, 6.07) is 18.3. The average Bonchev–Trinajstić information content (AvgIpc) is 2.63. The van der Waals surface area contributed by atoms with Crippen LogP contribution in [0.25, 0.3) is 0 Å². The number of carbonyl (C=O) groups is 1. The zero-order valence-corrected chi connectivity index (χ0v) is 14.7. The molecule has 1 N–H and O–H groups in total. The second kappa shape index (κ2) is 10.5. The van der Waals surface area contributed by atoms with Crippen LogP contribution in [-0.4, -0.2) is 30.4 Å². The molecular formula is C21H26O4. The number of ether oxygens (including phenoxy) is 2. The van der Waals surface area contributed by atoms with Gasteiger partial charge in [0.25, 0.3) is 0 Å². The van der Waals surface area contributed by atoms with Gasteiger partial charge in [-0.25, -0.2) is 4.79 Å². The Morgan fingerprint density at radius 1 is 1.00 bits per heavy atom. The Hall–Kier alpha value is -2.33. The third-order valence-corrected chi connectivity index (χ3v) is 4.00. The van der Waals surface area contributed by atoms with Gasteiger partial charge in [-0.3, -0.25) is 0 Å². The highest BCUT2D eigenvalue weighted by molar-refractivity contribution is 5.72. The highest BCUT2D eigenvalue weighted by atomic mass is 16.5. The molecule has 1 atom stereocenters. The maximum absolute atomic E-state index is 11.0. The first-order valence-corrected chi connectivity index (χ1v) is 8.79. The van der Waals surface area contributed by atoms with E-state index in [0.29, 0.717) is 19.6 Å². The Labute approximate surface area is 149 Å². The second-order valence-electron chi connectivity index (χ2n) is 5.90. The van der Waals surface area contributed by atoms with Crippen molar-refractivity contribution >= 4 is 5.97 Å². The Bertz CT molecular complexity index is 622. The topological polar surface area (TPSA) is 55.8 Å². The maximum atomic E-state index is 11.0. The summed E-state index contributed by atoms with van der Waals surface area (Å²) in [6.45, 7) is 2.89. The number of hydrogen-bond donors (Lipinski definition) is 1. The van der Waals surface area contributed by atoms with Crippen molar-refractivity contribution in [2.75, 3.05) is 13.2 Å². The SMILES string of the molecule is CCO[C@H](CCCc1ccc(OCCc2ccccc2)cc1)C(=O)O. The number of benzene rings is 2. The van der Waals surface area contributed by atoms with E-state index in [0.717, 1.165) is 25.0 Å². The minimum Gasteiger partial charge on any atom is -0.493 e. The number of hydrogen-bond acceptors (Lipinski definition) is 3. The monoisotopic (exact) mass is 342 g/mol. The van der Waals surface area contributed by atoms with Gasteiger partial charge in [0, 0.05) is 13.0 Å². The maximum Gasteiger partial charge on any atom is 0.332 e. The summed E-state index contributed by atoms with van der Waals surface area (Å²) in [5.41, 5.74) is 2.44. The van der Waals surface area contributed by atoms with Crippen molar-refractivity contribution in [3.63, 3.8) is 0 Å². The van der Waals surface area contributed by atoms with Crippen LogP contribution in [0.3, 0.4) is 0 Å². The van der Waals surface area contributed by atoms with Gasteiger partial charge in [-0.15, -0.1) is 0 Å². The average molecular weight is 342 g/mol. The van der Waals surface area contributed by atoms with Gasteiger partial charge in [-0.1, -0.05) is 42.5 Å². The predicted molar refractivity (Wildman–Crippen MR) is 98.1 cm³/mol. The van der Waals surface area contributed by atoms with E-state index >= 15 is 0 Å². The molecule has 0 saturated carbocycles. The number of aliphatic carboxylic acids is 1. The summed E-state index contributed by atoms with van der Waals surface area (Å²) >= 11 is 0. The van der Waals surface area contributed by atoms with E-state index in [1.54, 1.807) is 0 Å². The van der Waals surface area contributed by atoms with Crippen LogP contribution in [0, 0.1) is 0 Å². The minimum atomic E-state index is -0.885. The fraction of sp³-hybridized carbons (Fsp3) is 0.381. The number of rotatable bonds is 11. The molecule has 4 nitrogen and oxygen atoms in total. The molecule has 0 aliphatic rings.